The van der Waals surface area contributed by atoms with Gasteiger partial charge in [0.1, 0.15) is 5.82 Å². The quantitative estimate of drug-likeness (QED) is 0.846. The van der Waals surface area contributed by atoms with Crippen LogP contribution in [0.1, 0.15) is 30.4 Å². The van der Waals surface area contributed by atoms with Gasteiger partial charge in [0.15, 0.2) is 0 Å². The summed E-state index contributed by atoms with van der Waals surface area (Å²) in [6, 6.07) is 6.84. The van der Waals surface area contributed by atoms with Crippen molar-refractivity contribution in [2.24, 2.45) is 13.0 Å². The molecule has 3 rings (SSSR count). The zero-order valence-corrected chi connectivity index (χ0v) is 14.1. The first kappa shape index (κ1) is 16.7. The highest BCUT2D eigenvalue weighted by Crippen LogP contribution is 2.22. The van der Waals surface area contributed by atoms with Crippen molar-refractivity contribution in [3.05, 3.63) is 53.6 Å². The van der Waals surface area contributed by atoms with Gasteiger partial charge in [-0.25, -0.2) is 4.39 Å². The van der Waals surface area contributed by atoms with E-state index in [2.05, 4.69) is 5.10 Å². The molecule has 1 aromatic heterocycles. The minimum absolute atomic E-state index is 0.171. The molecule has 1 saturated heterocycles. The maximum absolute atomic E-state index is 13.3. The molecule has 0 spiro atoms. The van der Waals surface area contributed by atoms with Crippen molar-refractivity contribution >= 4 is 5.91 Å². The number of nitrogens with zero attached hydrogens (tertiary/aromatic N) is 3. The van der Waals surface area contributed by atoms with Gasteiger partial charge in [-0.3, -0.25) is 9.48 Å². The van der Waals surface area contributed by atoms with E-state index >= 15 is 0 Å². The van der Waals surface area contributed by atoms with E-state index in [0.717, 1.165) is 49.9 Å². The molecule has 0 radical (unpaired) electrons. The Kier molecular flexibility index (Phi) is 5.28. The van der Waals surface area contributed by atoms with Crippen LogP contribution in [0, 0.1) is 11.7 Å². The predicted octanol–water partition coefficient (Wildman–Crippen LogP) is 2.97. The number of aromatic nitrogens is 2. The number of rotatable bonds is 5. The van der Waals surface area contributed by atoms with Crippen LogP contribution in [0.3, 0.4) is 0 Å². The van der Waals surface area contributed by atoms with E-state index in [4.69, 9.17) is 0 Å². The van der Waals surface area contributed by atoms with Gasteiger partial charge in [0.25, 0.3) is 0 Å². The number of likely N-dealkylation sites (tertiary alicyclic amines) is 1. The summed E-state index contributed by atoms with van der Waals surface area (Å²) in [5.41, 5.74) is 2.16. The third kappa shape index (κ3) is 4.43. The van der Waals surface area contributed by atoms with Crippen LogP contribution in [0.2, 0.25) is 0 Å². The van der Waals surface area contributed by atoms with Crippen molar-refractivity contribution in [1.29, 1.82) is 0 Å². The van der Waals surface area contributed by atoms with Crippen LogP contribution < -0.4 is 0 Å². The van der Waals surface area contributed by atoms with Gasteiger partial charge in [-0.1, -0.05) is 12.1 Å². The lowest BCUT2D eigenvalue weighted by Gasteiger charge is -2.32. The van der Waals surface area contributed by atoms with Crippen molar-refractivity contribution < 1.29 is 9.18 Å². The summed E-state index contributed by atoms with van der Waals surface area (Å²) >= 11 is 0. The summed E-state index contributed by atoms with van der Waals surface area (Å²) in [5, 5.41) is 4.13. The molecule has 2 aromatic rings. The Labute approximate surface area is 142 Å². The first-order valence-electron chi connectivity index (χ1n) is 8.60. The fourth-order valence-electron chi connectivity index (χ4n) is 3.39. The highest BCUT2D eigenvalue weighted by Gasteiger charge is 2.22. The van der Waals surface area contributed by atoms with Crippen LogP contribution >= 0.6 is 0 Å². The number of hydrogen-bond acceptors (Lipinski definition) is 2. The summed E-state index contributed by atoms with van der Waals surface area (Å²) in [4.78, 5) is 14.3. The smallest absolute Gasteiger partial charge is 0.222 e. The van der Waals surface area contributed by atoms with Crippen molar-refractivity contribution in [3.63, 3.8) is 0 Å². The molecule has 0 aliphatic carbocycles. The molecular formula is C19H24FN3O. The molecule has 24 heavy (non-hydrogen) atoms. The van der Waals surface area contributed by atoms with Crippen molar-refractivity contribution in [2.75, 3.05) is 13.1 Å². The molecule has 4 nitrogen and oxygen atoms in total. The molecular weight excluding hydrogens is 305 g/mol. The second-order valence-electron chi connectivity index (χ2n) is 6.68. The van der Waals surface area contributed by atoms with Crippen molar-refractivity contribution in [1.82, 2.24) is 14.7 Å². The topological polar surface area (TPSA) is 38.1 Å². The number of aryl methyl sites for hydroxylation is 2. The highest BCUT2D eigenvalue weighted by molar-refractivity contribution is 5.76. The summed E-state index contributed by atoms with van der Waals surface area (Å²) in [5.74, 6) is 0.591. The Bertz CT molecular complexity index is 689. The monoisotopic (exact) mass is 329 g/mol. The van der Waals surface area contributed by atoms with Gasteiger partial charge < -0.3 is 4.90 Å². The number of benzene rings is 1. The maximum atomic E-state index is 13.3. The van der Waals surface area contributed by atoms with Gasteiger partial charge in [0, 0.05) is 32.8 Å². The average Bonchev–Trinajstić information content (AvgIpc) is 2.99. The standard InChI is InChI=1S/C19H24FN3O/c1-22-14-17(13-21-22)5-6-19(24)23-9-7-15(8-10-23)11-16-3-2-4-18(20)12-16/h2-4,12-15H,5-11H2,1H3. The Morgan fingerprint density at radius 2 is 2.08 bits per heavy atom. The van der Waals surface area contributed by atoms with E-state index in [9.17, 15) is 9.18 Å². The van der Waals surface area contributed by atoms with Gasteiger partial charge in [-0.05, 0) is 54.9 Å². The zero-order valence-electron chi connectivity index (χ0n) is 14.1. The van der Waals surface area contributed by atoms with E-state index in [-0.39, 0.29) is 11.7 Å². The van der Waals surface area contributed by atoms with Gasteiger partial charge in [-0.2, -0.15) is 5.10 Å². The fourth-order valence-corrected chi connectivity index (χ4v) is 3.39. The van der Waals surface area contributed by atoms with Crippen LogP contribution in [-0.4, -0.2) is 33.7 Å². The number of amides is 1. The second kappa shape index (κ2) is 7.60. The van der Waals surface area contributed by atoms with E-state index in [0.29, 0.717) is 12.3 Å². The minimum atomic E-state index is -0.171. The molecule has 2 heterocycles. The Morgan fingerprint density at radius 3 is 2.75 bits per heavy atom. The summed E-state index contributed by atoms with van der Waals surface area (Å²) in [7, 11) is 1.88. The summed E-state index contributed by atoms with van der Waals surface area (Å²) in [6.07, 6.45) is 7.95. The van der Waals surface area contributed by atoms with E-state index < -0.39 is 0 Å². The third-order valence-electron chi connectivity index (χ3n) is 4.77. The Hall–Kier alpha value is -2.17. The van der Waals surface area contributed by atoms with Crippen LogP contribution in [0.4, 0.5) is 4.39 Å². The lowest BCUT2D eigenvalue weighted by molar-refractivity contribution is -0.132. The molecule has 1 fully saturated rings. The maximum Gasteiger partial charge on any atom is 0.222 e. The average molecular weight is 329 g/mol. The lowest BCUT2D eigenvalue weighted by Crippen LogP contribution is -2.39. The molecule has 0 N–H and O–H groups in total. The van der Waals surface area contributed by atoms with Crippen LogP contribution in [0.15, 0.2) is 36.7 Å². The zero-order chi connectivity index (χ0) is 16.9. The Balaban J connectivity index is 1.43. The molecule has 5 heteroatoms. The van der Waals surface area contributed by atoms with E-state index in [1.54, 1.807) is 16.8 Å². The Morgan fingerprint density at radius 1 is 1.29 bits per heavy atom. The molecule has 1 aromatic carbocycles. The number of carbonyl (C=O) groups excluding carboxylic acids is 1. The third-order valence-corrected chi connectivity index (χ3v) is 4.77. The number of carbonyl (C=O) groups is 1. The van der Waals surface area contributed by atoms with Crippen molar-refractivity contribution in [3.8, 4) is 0 Å². The van der Waals surface area contributed by atoms with Gasteiger partial charge in [0.05, 0.1) is 6.20 Å². The van der Waals surface area contributed by atoms with Gasteiger partial charge in [-0.15, -0.1) is 0 Å². The molecule has 1 aliphatic heterocycles. The predicted molar refractivity (Wildman–Crippen MR) is 90.9 cm³/mol. The summed E-state index contributed by atoms with van der Waals surface area (Å²) < 4.78 is 15.0. The van der Waals surface area contributed by atoms with Crippen LogP contribution in [0.5, 0.6) is 0 Å². The molecule has 1 aliphatic rings. The molecule has 0 saturated carbocycles. The van der Waals surface area contributed by atoms with Crippen molar-refractivity contribution in [2.45, 2.75) is 32.1 Å². The normalized spacial score (nSPS) is 15.7. The largest absolute Gasteiger partial charge is 0.343 e. The summed E-state index contributed by atoms with van der Waals surface area (Å²) in [6.45, 7) is 1.62. The minimum Gasteiger partial charge on any atom is -0.343 e. The number of halogens is 1. The molecule has 1 amide bonds. The first-order chi connectivity index (χ1) is 11.6. The fraction of sp³-hybridized carbons (Fsp3) is 0.474. The van der Waals surface area contributed by atoms with Crippen LogP contribution in [-0.2, 0) is 24.7 Å². The number of hydrogen-bond donors (Lipinski definition) is 0. The lowest BCUT2D eigenvalue weighted by atomic mass is 9.90. The van der Waals surface area contributed by atoms with Gasteiger partial charge >= 0.3 is 0 Å². The van der Waals surface area contributed by atoms with E-state index in [1.165, 1.54) is 6.07 Å². The number of piperidine rings is 1. The highest BCUT2D eigenvalue weighted by atomic mass is 19.1. The second-order valence-corrected chi connectivity index (χ2v) is 6.68. The van der Waals surface area contributed by atoms with Crippen LogP contribution in [0.25, 0.3) is 0 Å². The molecule has 0 unspecified atom stereocenters. The van der Waals surface area contributed by atoms with Gasteiger partial charge in [0.2, 0.25) is 5.91 Å². The molecule has 0 atom stereocenters. The molecule has 0 bridgehead atoms. The first-order valence-corrected chi connectivity index (χ1v) is 8.60. The van der Waals surface area contributed by atoms with E-state index in [1.807, 2.05) is 30.4 Å². The SMILES string of the molecule is Cn1cc(CCC(=O)N2CCC(Cc3cccc(F)c3)CC2)cn1. The molecule has 128 valence electrons.